The van der Waals surface area contributed by atoms with E-state index < -0.39 is 11.6 Å². The van der Waals surface area contributed by atoms with E-state index in [2.05, 4.69) is 14.9 Å². The van der Waals surface area contributed by atoms with Crippen LogP contribution in [0.25, 0.3) is 0 Å². The molecule has 0 fully saturated rings. The molecule has 2 N–H and O–H groups in total. The maximum atomic E-state index is 11.7. The average molecular weight is 359 g/mol. The number of ether oxygens (including phenoxy) is 2. The minimum Gasteiger partial charge on any atom is -0.468 e. The third-order valence-corrected chi connectivity index (χ3v) is 3.16. The van der Waals surface area contributed by atoms with Crippen molar-refractivity contribution < 1.29 is 23.9 Å². The molecule has 0 saturated carbocycles. The summed E-state index contributed by atoms with van der Waals surface area (Å²) in [5, 5.41) is 5.94. The SMILES string of the molecule is CCCCOC(=O)C(C)(C)O/N=C/c1csc(N)n1.CCOC=O. The lowest BCUT2D eigenvalue weighted by Gasteiger charge is -2.19. The second-order valence-electron chi connectivity index (χ2n) is 4.99. The van der Waals surface area contributed by atoms with Crippen LogP contribution in [-0.2, 0) is 23.9 Å². The zero-order valence-electron chi connectivity index (χ0n) is 14.5. The van der Waals surface area contributed by atoms with E-state index in [1.807, 2.05) is 6.92 Å². The van der Waals surface area contributed by atoms with E-state index in [1.165, 1.54) is 17.6 Å². The monoisotopic (exact) mass is 359 g/mol. The molecule has 8 nitrogen and oxygen atoms in total. The van der Waals surface area contributed by atoms with Crippen LogP contribution >= 0.6 is 11.3 Å². The molecular formula is C15H25N3O5S. The molecule has 0 aliphatic rings. The molecule has 0 aliphatic carbocycles. The molecule has 0 unspecified atom stereocenters. The van der Waals surface area contributed by atoms with Gasteiger partial charge in [-0.2, -0.15) is 0 Å². The number of rotatable bonds is 9. The number of unbranched alkanes of at least 4 members (excludes halogenated alkanes) is 1. The van der Waals surface area contributed by atoms with Crippen LogP contribution < -0.4 is 5.73 Å². The molecule has 1 aromatic rings. The van der Waals surface area contributed by atoms with Crippen molar-refractivity contribution in [3.8, 4) is 0 Å². The molecule has 0 aliphatic heterocycles. The summed E-state index contributed by atoms with van der Waals surface area (Å²) >= 11 is 1.31. The Morgan fingerprint density at radius 2 is 2.17 bits per heavy atom. The number of nitrogen functional groups attached to an aromatic ring is 1. The Morgan fingerprint density at radius 1 is 1.46 bits per heavy atom. The van der Waals surface area contributed by atoms with Gasteiger partial charge < -0.3 is 20.0 Å². The average Bonchev–Trinajstić information content (AvgIpc) is 2.94. The topological polar surface area (TPSA) is 113 Å². The molecule has 0 radical (unpaired) electrons. The summed E-state index contributed by atoms with van der Waals surface area (Å²) in [5.41, 5.74) is 4.96. The first kappa shape index (κ1) is 21.8. The van der Waals surface area contributed by atoms with Crippen LogP contribution in [0, 0.1) is 0 Å². The third-order valence-electron chi connectivity index (χ3n) is 2.46. The molecule has 136 valence electrons. The zero-order valence-corrected chi connectivity index (χ0v) is 15.3. The first-order valence-corrected chi connectivity index (χ1v) is 8.40. The van der Waals surface area contributed by atoms with Gasteiger partial charge in [0, 0.05) is 5.38 Å². The highest BCUT2D eigenvalue weighted by Gasteiger charge is 2.32. The van der Waals surface area contributed by atoms with E-state index in [0.29, 0.717) is 30.5 Å². The van der Waals surface area contributed by atoms with Gasteiger partial charge in [0.15, 0.2) is 5.13 Å². The molecule has 0 amide bonds. The smallest absolute Gasteiger partial charge is 0.352 e. The lowest BCUT2D eigenvalue weighted by atomic mass is 10.1. The first-order chi connectivity index (χ1) is 11.4. The molecule has 0 aromatic carbocycles. The van der Waals surface area contributed by atoms with Gasteiger partial charge in [-0.05, 0) is 27.2 Å². The Hall–Kier alpha value is -2.16. The Labute approximate surface area is 146 Å². The quantitative estimate of drug-likeness (QED) is 0.237. The summed E-state index contributed by atoms with van der Waals surface area (Å²) in [6.45, 7) is 8.30. The number of nitrogens with zero attached hydrogens (tertiary/aromatic N) is 2. The van der Waals surface area contributed by atoms with E-state index in [1.54, 1.807) is 26.2 Å². The number of hydrogen-bond donors (Lipinski definition) is 1. The van der Waals surface area contributed by atoms with Crippen LogP contribution in [0.1, 0.15) is 46.2 Å². The highest BCUT2D eigenvalue weighted by atomic mass is 32.1. The minimum absolute atomic E-state index is 0.397. The maximum Gasteiger partial charge on any atom is 0.352 e. The lowest BCUT2D eigenvalue weighted by Crippen LogP contribution is -2.35. The number of carbonyl (C=O) groups excluding carboxylic acids is 2. The number of thiazole rings is 1. The largest absolute Gasteiger partial charge is 0.468 e. The van der Waals surface area contributed by atoms with E-state index in [0.717, 1.165) is 12.8 Å². The number of carbonyl (C=O) groups is 2. The highest BCUT2D eigenvalue weighted by molar-refractivity contribution is 7.13. The van der Waals surface area contributed by atoms with Crippen molar-refractivity contribution in [1.29, 1.82) is 0 Å². The van der Waals surface area contributed by atoms with Gasteiger partial charge in [-0.15, -0.1) is 11.3 Å². The molecule has 0 spiro atoms. The van der Waals surface area contributed by atoms with Crippen molar-refractivity contribution >= 4 is 35.1 Å². The van der Waals surface area contributed by atoms with Gasteiger partial charge in [0.1, 0.15) is 0 Å². The van der Waals surface area contributed by atoms with E-state index >= 15 is 0 Å². The van der Waals surface area contributed by atoms with Crippen LogP contribution in [0.2, 0.25) is 0 Å². The van der Waals surface area contributed by atoms with Gasteiger partial charge in [0.2, 0.25) is 5.60 Å². The summed E-state index contributed by atoms with van der Waals surface area (Å²) in [6.07, 6.45) is 3.22. The fraction of sp³-hybridized carbons (Fsp3) is 0.600. The predicted molar refractivity (Wildman–Crippen MR) is 92.8 cm³/mol. The van der Waals surface area contributed by atoms with Crippen LogP contribution in [0.15, 0.2) is 10.5 Å². The summed E-state index contributed by atoms with van der Waals surface area (Å²) < 4.78 is 9.24. The number of esters is 1. The molecule has 1 heterocycles. The minimum atomic E-state index is -1.12. The van der Waals surface area contributed by atoms with Crippen molar-refractivity contribution in [2.24, 2.45) is 5.16 Å². The Balaban J connectivity index is 0.000000922. The summed E-state index contributed by atoms with van der Waals surface area (Å²) in [5.74, 6) is -0.434. The van der Waals surface area contributed by atoms with Gasteiger partial charge in [0.05, 0.1) is 25.1 Å². The predicted octanol–water partition coefficient (Wildman–Crippen LogP) is 2.38. The van der Waals surface area contributed by atoms with Crippen molar-refractivity contribution in [3.05, 3.63) is 11.1 Å². The van der Waals surface area contributed by atoms with Crippen molar-refractivity contribution in [3.63, 3.8) is 0 Å². The van der Waals surface area contributed by atoms with E-state index in [9.17, 15) is 9.59 Å². The lowest BCUT2D eigenvalue weighted by molar-refractivity contribution is -0.168. The summed E-state index contributed by atoms with van der Waals surface area (Å²) in [7, 11) is 0. The van der Waals surface area contributed by atoms with Gasteiger partial charge >= 0.3 is 5.97 Å². The zero-order chi connectivity index (χ0) is 18.4. The number of aromatic nitrogens is 1. The first-order valence-electron chi connectivity index (χ1n) is 7.52. The fourth-order valence-corrected chi connectivity index (χ4v) is 1.67. The molecule has 0 atom stereocenters. The van der Waals surface area contributed by atoms with Gasteiger partial charge in [-0.25, -0.2) is 9.78 Å². The fourth-order valence-electron chi connectivity index (χ4n) is 1.16. The Kier molecular flexibility index (Phi) is 11.2. The van der Waals surface area contributed by atoms with Gasteiger partial charge in [-0.3, -0.25) is 4.79 Å². The normalized spacial score (nSPS) is 10.7. The van der Waals surface area contributed by atoms with Crippen molar-refractivity contribution in [2.45, 2.75) is 46.1 Å². The molecule has 0 saturated heterocycles. The van der Waals surface area contributed by atoms with Crippen LogP contribution in [0.5, 0.6) is 0 Å². The Bertz CT molecular complexity index is 517. The summed E-state index contributed by atoms with van der Waals surface area (Å²) in [4.78, 5) is 30.1. The standard InChI is InChI=1S/C12H19N3O3S.C3H6O2/c1-4-5-6-17-10(16)12(2,3)18-14-7-9-8-19-11(13)15-9;1-2-5-3-4/h7-8H,4-6H2,1-3H3,(H2,13,15);3H,2H2,1H3/b14-7+;. The van der Waals surface area contributed by atoms with E-state index in [4.69, 9.17) is 15.3 Å². The van der Waals surface area contributed by atoms with Gasteiger partial charge in [-0.1, -0.05) is 18.5 Å². The maximum absolute atomic E-state index is 11.7. The van der Waals surface area contributed by atoms with Gasteiger partial charge in [0.25, 0.3) is 6.47 Å². The number of nitrogens with two attached hydrogens (primary N) is 1. The molecule has 24 heavy (non-hydrogen) atoms. The second-order valence-corrected chi connectivity index (χ2v) is 5.88. The second kappa shape index (κ2) is 12.3. The molecule has 0 bridgehead atoms. The molecule has 9 heteroatoms. The molecule has 1 aromatic heterocycles. The van der Waals surface area contributed by atoms with Crippen molar-refractivity contribution in [2.75, 3.05) is 18.9 Å². The number of oxime groups is 1. The van der Waals surface area contributed by atoms with Crippen LogP contribution in [0.4, 0.5) is 5.13 Å². The van der Waals surface area contributed by atoms with Crippen molar-refractivity contribution in [1.82, 2.24) is 4.98 Å². The summed E-state index contributed by atoms with van der Waals surface area (Å²) in [6, 6.07) is 0. The van der Waals surface area contributed by atoms with E-state index in [-0.39, 0.29) is 0 Å². The van der Waals surface area contributed by atoms with Crippen LogP contribution in [-0.4, -0.2) is 42.5 Å². The Morgan fingerprint density at radius 3 is 2.62 bits per heavy atom. The highest BCUT2D eigenvalue weighted by Crippen LogP contribution is 2.13. The van der Waals surface area contributed by atoms with Crippen LogP contribution in [0.3, 0.4) is 0 Å². The third kappa shape index (κ3) is 9.78. The number of hydrogen-bond acceptors (Lipinski definition) is 9. The molecular weight excluding hydrogens is 334 g/mol. The molecule has 1 rings (SSSR count). The number of anilines is 1.